The van der Waals surface area contributed by atoms with Crippen LogP contribution in [0.3, 0.4) is 0 Å². The molecule has 0 spiro atoms. The lowest BCUT2D eigenvalue weighted by Crippen LogP contribution is -2.61. The summed E-state index contributed by atoms with van der Waals surface area (Å²) in [7, 11) is 0. The smallest absolute Gasteiger partial charge is 0.166 e. The van der Waals surface area contributed by atoms with Crippen LogP contribution in [-0.2, 0) is 19.0 Å². The lowest BCUT2D eigenvalue weighted by atomic mass is 9.87. The molecule has 0 radical (unpaired) electrons. The van der Waals surface area contributed by atoms with Gasteiger partial charge in [-0.3, -0.25) is 0 Å². The van der Waals surface area contributed by atoms with Crippen LogP contribution in [0, 0.1) is 5.92 Å². The summed E-state index contributed by atoms with van der Waals surface area (Å²) in [5.74, 6) is -0.243. The molecule has 0 aromatic rings. The number of rotatable bonds is 0. The van der Waals surface area contributed by atoms with E-state index in [1.807, 2.05) is 13.8 Å². The zero-order chi connectivity index (χ0) is 11.6. The minimum absolute atomic E-state index is 0.0121. The molecule has 5 heteroatoms. The van der Waals surface area contributed by atoms with Gasteiger partial charge in [0.25, 0.3) is 0 Å². The normalized spacial score (nSPS) is 50.2. The van der Waals surface area contributed by atoms with Crippen molar-refractivity contribution in [3.63, 3.8) is 0 Å². The molecule has 0 N–H and O–H groups in total. The Balaban J connectivity index is 1.64. The van der Waals surface area contributed by atoms with Crippen LogP contribution in [0.15, 0.2) is 5.16 Å². The first-order valence-corrected chi connectivity index (χ1v) is 6.34. The van der Waals surface area contributed by atoms with Gasteiger partial charge in [-0.25, -0.2) is 0 Å². The molecule has 0 amide bonds. The Hall–Kier alpha value is -0.650. The lowest BCUT2D eigenvalue weighted by molar-refractivity contribution is -0.349. The molecule has 0 aromatic heterocycles. The van der Waals surface area contributed by atoms with Gasteiger partial charge in [0.2, 0.25) is 0 Å². The van der Waals surface area contributed by atoms with Crippen LogP contribution >= 0.6 is 0 Å². The molecule has 3 aliphatic heterocycles. The van der Waals surface area contributed by atoms with E-state index in [4.69, 9.17) is 19.0 Å². The zero-order valence-electron chi connectivity index (χ0n) is 10.1. The van der Waals surface area contributed by atoms with E-state index in [9.17, 15) is 0 Å². The van der Waals surface area contributed by atoms with E-state index >= 15 is 0 Å². The van der Waals surface area contributed by atoms with Gasteiger partial charge in [-0.2, -0.15) is 0 Å². The summed E-state index contributed by atoms with van der Waals surface area (Å²) in [5, 5.41) is 4.20. The van der Waals surface area contributed by atoms with Crippen molar-refractivity contribution in [2.24, 2.45) is 11.1 Å². The summed E-state index contributed by atoms with van der Waals surface area (Å²) in [6, 6.07) is 0. The van der Waals surface area contributed by atoms with Gasteiger partial charge in [-0.05, 0) is 26.7 Å². The van der Waals surface area contributed by atoms with Crippen LogP contribution in [0.2, 0.25) is 0 Å². The second kappa shape index (κ2) is 3.22. The number of hydrogen-bond acceptors (Lipinski definition) is 5. The fraction of sp³-hybridized carbons (Fsp3) is 0.917. The van der Waals surface area contributed by atoms with E-state index in [0.29, 0.717) is 12.5 Å². The molecule has 0 aromatic carbocycles. The van der Waals surface area contributed by atoms with Gasteiger partial charge in [-0.1, -0.05) is 5.16 Å². The van der Waals surface area contributed by atoms with Crippen molar-refractivity contribution in [3.05, 3.63) is 0 Å². The third-order valence-electron chi connectivity index (χ3n) is 4.17. The predicted molar refractivity (Wildman–Crippen MR) is 58.6 cm³/mol. The predicted octanol–water partition coefficient (Wildman–Crippen LogP) is 1.07. The van der Waals surface area contributed by atoms with Crippen molar-refractivity contribution in [2.45, 2.75) is 56.9 Å². The largest absolute Gasteiger partial charge is 0.389 e. The summed E-state index contributed by atoms with van der Waals surface area (Å²) in [5.41, 5.74) is 1.16. The molecule has 1 aliphatic carbocycles. The van der Waals surface area contributed by atoms with Crippen molar-refractivity contribution in [3.8, 4) is 0 Å². The molecule has 0 unspecified atom stereocenters. The minimum atomic E-state index is -0.553. The minimum Gasteiger partial charge on any atom is -0.389 e. The number of fused-ring (bicyclic) bond motifs is 2. The molecular formula is C12H17NO4. The quantitative estimate of drug-likeness (QED) is 0.634. The molecule has 4 rings (SSSR count). The number of oxime groups is 1. The average molecular weight is 239 g/mol. The van der Waals surface area contributed by atoms with Gasteiger partial charge in [-0.15, -0.1) is 0 Å². The third kappa shape index (κ3) is 1.39. The van der Waals surface area contributed by atoms with Gasteiger partial charge in [0, 0.05) is 0 Å². The molecule has 2 saturated heterocycles. The summed E-state index contributed by atoms with van der Waals surface area (Å²) in [6.07, 6.45) is 2.25. The van der Waals surface area contributed by atoms with Gasteiger partial charge < -0.3 is 19.0 Å². The highest BCUT2D eigenvalue weighted by Gasteiger charge is 2.58. The van der Waals surface area contributed by atoms with Gasteiger partial charge in [0.15, 0.2) is 11.9 Å². The molecule has 5 nitrogen and oxygen atoms in total. The Morgan fingerprint density at radius 2 is 2.12 bits per heavy atom. The van der Waals surface area contributed by atoms with Gasteiger partial charge in [0.1, 0.15) is 12.2 Å². The van der Waals surface area contributed by atoms with Crippen molar-refractivity contribution < 1.29 is 19.0 Å². The molecule has 0 bridgehead atoms. The van der Waals surface area contributed by atoms with Gasteiger partial charge >= 0.3 is 0 Å². The summed E-state index contributed by atoms with van der Waals surface area (Å²) < 4.78 is 17.7. The van der Waals surface area contributed by atoms with Crippen molar-refractivity contribution in [2.75, 3.05) is 6.61 Å². The maximum Gasteiger partial charge on any atom is 0.166 e. The first kappa shape index (κ1) is 10.3. The fourth-order valence-electron chi connectivity index (χ4n) is 3.40. The van der Waals surface area contributed by atoms with Gasteiger partial charge in [0.05, 0.1) is 24.3 Å². The Kier molecular flexibility index (Phi) is 1.95. The second-order valence-corrected chi connectivity index (χ2v) is 5.72. The van der Waals surface area contributed by atoms with Crippen LogP contribution in [0.1, 0.15) is 26.7 Å². The van der Waals surface area contributed by atoms with Crippen LogP contribution in [0.25, 0.3) is 0 Å². The van der Waals surface area contributed by atoms with Crippen molar-refractivity contribution in [1.82, 2.24) is 0 Å². The Labute approximate surface area is 100 Å². The maximum absolute atomic E-state index is 6.08. The topological polar surface area (TPSA) is 49.3 Å². The van der Waals surface area contributed by atoms with E-state index in [1.54, 1.807) is 0 Å². The van der Waals surface area contributed by atoms with Crippen LogP contribution in [0.4, 0.5) is 0 Å². The van der Waals surface area contributed by atoms with Crippen molar-refractivity contribution >= 4 is 5.71 Å². The van der Waals surface area contributed by atoms with E-state index in [-0.39, 0.29) is 24.4 Å². The van der Waals surface area contributed by atoms with E-state index < -0.39 is 5.79 Å². The van der Waals surface area contributed by atoms with E-state index in [1.165, 1.54) is 0 Å². The van der Waals surface area contributed by atoms with Crippen LogP contribution in [-0.4, -0.2) is 42.5 Å². The number of hydrogen-bond donors (Lipinski definition) is 0. The van der Waals surface area contributed by atoms with Crippen molar-refractivity contribution in [1.29, 1.82) is 0 Å². The molecule has 1 saturated carbocycles. The third-order valence-corrected chi connectivity index (χ3v) is 4.17. The highest BCUT2D eigenvalue weighted by Crippen LogP contribution is 2.44. The molecule has 94 valence electrons. The highest BCUT2D eigenvalue weighted by atomic mass is 16.7. The van der Waals surface area contributed by atoms with Crippen LogP contribution in [0.5, 0.6) is 0 Å². The number of nitrogens with zero attached hydrogens (tertiary/aromatic N) is 1. The number of ether oxygens (including phenoxy) is 3. The summed E-state index contributed by atoms with van der Waals surface area (Å²) in [4.78, 5) is 5.58. The Morgan fingerprint density at radius 3 is 3.00 bits per heavy atom. The molecule has 4 aliphatic rings. The maximum atomic E-state index is 6.08. The molecule has 5 atom stereocenters. The fourth-order valence-corrected chi connectivity index (χ4v) is 3.40. The zero-order valence-corrected chi connectivity index (χ0v) is 10.1. The molecule has 17 heavy (non-hydrogen) atoms. The summed E-state index contributed by atoms with van der Waals surface area (Å²) in [6.45, 7) is 4.44. The Morgan fingerprint density at radius 1 is 1.24 bits per heavy atom. The second-order valence-electron chi connectivity index (χ2n) is 5.72. The molecule has 3 heterocycles. The molecular weight excluding hydrogens is 222 g/mol. The van der Waals surface area contributed by atoms with Crippen LogP contribution < -0.4 is 0 Å². The highest BCUT2D eigenvalue weighted by molar-refractivity contribution is 5.90. The van der Waals surface area contributed by atoms with E-state index in [0.717, 1.165) is 18.6 Å². The SMILES string of the molecule is CC1(C)OC[C@H]2O[C@@H]3CCC4=NO[C@H]([C@@H]2O1)[C@@H]43. The Bertz CT molecular complexity index is 381. The average Bonchev–Trinajstić information content (AvgIpc) is 2.85. The summed E-state index contributed by atoms with van der Waals surface area (Å²) >= 11 is 0. The van der Waals surface area contributed by atoms with E-state index in [2.05, 4.69) is 5.16 Å². The lowest BCUT2D eigenvalue weighted by Gasteiger charge is -2.47. The standard InChI is InChI=1S/C12H17NO4/c1-12(2)14-5-8-10(16-12)11-9-6(13-17-11)3-4-7(9)15-8/h7-11H,3-5H2,1-2H3/t7-,8-,9+,10-,11+/m1/s1. The first-order valence-electron chi connectivity index (χ1n) is 6.34. The molecule has 3 fully saturated rings. The monoisotopic (exact) mass is 239 g/mol. The first-order chi connectivity index (χ1) is 8.14.